The maximum Gasteiger partial charge on any atom is 0.303 e. The molecule has 0 bridgehead atoms. The van der Waals surface area contributed by atoms with E-state index in [1.807, 2.05) is 24.4 Å². The minimum Gasteiger partial charge on any atom is -0.481 e. The molecule has 0 atom stereocenters. The van der Waals surface area contributed by atoms with Gasteiger partial charge in [0.2, 0.25) is 5.91 Å². The van der Waals surface area contributed by atoms with Crippen LogP contribution in [0.1, 0.15) is 12.8 Å². The van der Waals surface area contributed by atoms with Gasteiger partial charge in [0.05, 0.1) is 12.1 Å². The lowest BCUT2D eigenvalue weighted by Gasteiger charge is -2.06. The van der Waals surface area contributed by atoms with Crippen molar-refractivity contribution in [2.24, 2.45) is 0 Å². The summed E-state index contributed by atoms with van der Waals surface area (Å²) in [5.41, 5.74) is 1.51. The predicted octanol–water partition coefficient (Wildman–Crippen LogP) is 1.68. The van der Waals surface area contributed by atoms with Crippen LogP contribution in [0.3, 0.4) is 0 Å². The van der Waals surface area contributed by atoms with Crippen LogP contribution in [0.4, 0.5) is 5.69 Å². The van der Waals surface area contributed by atoms with Crippen molar-refractivity contribution in [3.8, 4) is 5.69 Å². The fraction of sp³-hybridized carbons (Fsp3) is 0.154. The Balaban J connectivity index is 1.95. The fourth-order valence-corrected chi connectivity index (χ4v) is 1.56. The van der Waals surface area contributed by atoms with Gasteiger partial charge in [0, 0.05) is 24.5 Å². The zero-order valence-electron chi connectivity index (χ0n) is 10.1. The van der Waals surface area contributed by atoms with Crippen LogP contribution in [0.2, 0.25) is 0 Å². The number of aliphatic carboxylic acids is 1. The van der Waals surface area contributed by atoms with Crippen LogP contribution in [-0.2, 0) is 9.59 Å². The van der Waals surface area contributed by atoms with Crippen molar-refractivity contribution in [1.29, 1.82) is 0 Å². The van der Waals surface area contributed by atoms with E-state index in [-0.39, 0.29) is 18.7 Å². The number of anilines is 1. The summed E-state index contributed by atoms with van der Waals surface area (Å²) >= 11 is 0. The number of carbonyl (C=O) groups excluding carboxylic acids is 1. The van der Waals surface area contributed by atoms with Crippen LogP contribution in [0.5, 0.6) is 0 Å². The first-order valence-corrected chi connectivity index (χ1v) is 5.77. The van der Waals surface area contributed by atoms with E-state index >= 15 is 0 Å². The third-order valence-electron chi connectivity index (χ3n) is 2.49. The molecule has 0 aliphatic rings. The number of carbonyl (C=O) groups is 2. The number of carboxylic acids is 1. The number of hydrogen-bond acceptors (Lipinski definition) is 3. The van der Waals surface area contributed by atoms with Crippen molar-refractivity contribution >= 4 is 17.6 Å². The number of amides is 1. The highest BCUT2D eigenvalue weighted by Gasteiger charge is 2.05. The molecule has 0 unspecified atom stereocenters. The second-order valence-electron chi connectivity index (χ2n) is 3.94. The number of aromatic nitrogens is 2. The fourth-order valence-electron chi connectivity index (χ4n) is 1.56. The molecule has 0 aliphatic carbocycles. The Labute approximate surface area is 109 Å². The van der Waals surface area contributed by atoms with E-state index in [1.54, 1.807) is 23.0 Å². The van der Waals surface area contributed by atoms with Crippen molar-refractivity contribution in [3.05, 3.63) is 42.7 Å². The van der Waals surface area contributed by atoms with Gasteiger partial charge in [0.25, 0.3) is 0 Å². The molecule has 2 N–H and O–H groups in total. The Morgan fingerprint density at radius 1 is 1.21 bits per heavy atom. The van der Waals surface area contributed by atoms with Gasteiger partial charge in [-0.15, -0.1) is 0 Å². The summed E-state index contributed by atoms with van der Waals surface area (Å²) < 4.78 is 1.70. The Morgan fingerprint density at radius 2 is 1.95 bits per heavy atom. The third kappa shape index (κ3) is 3.67. The monoisotopic (exact) mass is 259 g/mol. The largest absolute Gasteiger partial charge is 0.481 e. The maximum absolute atomic E-state index is 11.4. The third-order valence-corrected chi connectivity index (χ3v) is 2.49. The number of carboxylic acid groups (broad SMARTS) is 1. The Bertz CT molecular complexity index is 561. The molecule has 1 aromatic heterocycles. The summed E-state index contributed by atoms with van der Waals surface area (Å²) in [5, 5.41) is 15.2. The van der Waals surface area contributed by atoms with Gasteiger partial charge in [-0.2, -0.15) is 5.10 Å². The van der Waals surface area contributed by atoms with Crippen LogP contribution >= 0.6 is 0 Å². The zero-order chi connectivity index (χ0) is 13.7. The number of nitrogens with zero attached hydrogens (tertiary/aromatic N) is 2. The molecule has 98 valence electrons. The van der Waals surface area contributed by atoms with E-state index in [2.05, 4.69) is 10.4 Å². The predicted molar refractivity (Wildman–Crippen MR) is 69.1 cm³/mol. The van der Waals surface area contributed by atoms with E-state index in [0.29, 0.717) is 5.69 Å². The quantitative estimate of drug-likeness (QED) is 0.855. The van der Waals surface area contributed by atoms with E-state index < -0.39 is 5.97 Å². The molecule has 1 heterocycles. The Hall–Kier alpha value is -2.63. The molecule has 1 aromatic carbocycles. The molecule has 19 heavy (non-hydrogen) atoms. The highest BCUT2D eigenvalue weighted by atomic mass is 16.4. The van der Waals surface area contributed by atoms with Gasteiger partial charge in [0.1, 0.15) is 0 Å². The van der Waals surface area contributed by atoms with Crippen molar-refractivity contribution in [2.45, 2.75) is 12.8 Å². The molecular formula is C13H13N3O3. The van der Waals surface area contributed by atoms with Crippen molar-refractivity contribution in [1.82, 2.24) is 9.78 Å². The molecule has 2 rings (SSSR count). The summed E-state index contributed by atoms with van der Waals surface area (Å²) in [6.45, 7) is 0. The van der Waals surface area contributed by atoms with Crippen molar-refractivity contribution < 1.29 is 14.7 Å². The normalized spacial score (nSPS) is 10.1. The molecule has 0 saturated carbocycles. The summed E-state index contributed by atoms with van der Waals surface area (Å²) in [7, 11) is 0. The summed E-state index contributed by atoms with van der Waals surface area (Å²) in [4.78, 5) is 21.8. The lowest BCUT2D eigenvalue weighted by molar-refractivity contribution is -0.138. The van der Waals surface area contributed by atoms with Gasteiger partial charge in [-0.25, -0.2) is 4.68 Å². The van der Waals surface area contributed by atoms with E-state index in [9.17, 15) is 9.59 Å². The van der Waals surface area contributed by atoms with Crippen molar-refractivity contribution in [3.63, 3.8) is 0 Å². The summed E-state index contributed by atoms with van der Waals surface area (Å²) in [5.74, 6) is -1.29. The van der Waals surface area contributed by atoms with Crippen molar-refractivity contribution in [2.75, 3.05) is 5.32 Å². The van der Waals surface area contributed by atoms with Gasteiger partial charge < -0.3 is 10.4 Å². The van der Waals surface area contributed by atoms with E-state index in [1.165, 1.54) is 0 Å². The molecule has 1 amide bonds. The average Bonchev–Trinajstić information content (AvgIpc) is 2.91. The molecule has 0 saturated heterocycles. The Kier molecular flexibility index (Phi) is 3.92. The number of nitrogens with one attached hydrogen (secondary N) is 1. The van der Waals surface area contributed by atoms with Gasteiger partial charge in [-0.1, -0.05) is 0 Å². The number of rotatable bonds is 5. The van der Waals surface area contributed by atoms with Crippen LogP contribution < -0.4 is 5.32 Å². The Morgan fingerprint density at radius 3 is 2.53 bits per heavy atom. The molecule has 0 radical (unpaired) electrons. The maximum atomic E-state index is 11.4. The van der Waals surface area contributed by atoms with E-state index in [0.717, 1.165) is 5.69 Å². The average molecular weight is 259 g/mol. The number of benzene rings is 1. The van der Waals surface area contributed by atoms with Gasteiger partial charge in [-0.05, 0) is 30.3 Å². The second kappa shape index (κ2) is 5.81. The standard InChI is InChI=1S/C13H13N3O3/c17-12(6-7-13(18)19)15-10-2-4-11(5-3-10)16-9-1-8-14-16/h1-5,8-9H,6-7H2,(H,15,17)(H,18,19). The SMILES string of the molecule is O=C(O)CCC(=O)Nc1ccc(-n2cccn2)cc1. The van der Waals surface area contributed by atoms with E-state index in [4.69, 9.17) is 5.11 Å². The van der Waals surface area contributed by atoms with Crippen LogP contribution in [0.25, 0.3) is 5.69 Å². The molecule has 2 aromatic rings. The van der Waals surface area contributed by atoms with Gasteiger partial charge >= 0.3 is 5.97 Å². The summed E-state index contributed by atoms with van der Waals surface area (Å²) in [6.07, 6.45) is 3.30. The van der Waals surface area contributed by atoms with Crippen LogP contribution in [-0.4, -0.2) is 26.8 Å². The second-order valence-corrected chi connectivity index (χ2v) is 3.94. The molecular weight excluding hydrogens is 246 g/mol. The highest BCUT2D eigenvalue weighted by Crippen LogP contribution is 2.12. The molecule has 0 spiro atoms. The lowest BCUT2D eigenvalue weighted by Crippen LogP contribution is -2.13. The molecule has 6 heteroatoms. The topological polar surface area (TPSA) is 84.2 Å². The molecule has 0 aliphatic heterocycles. The summed E-state index contributed by atoms with van der Waals surface area (Å²) in [6, 6.07) is 8.95. The molecule has 6 nitrogen and oxygen atoms in total. The van der Waals surface area contributed by atoms with Gasteiger partial charge in [-0.3, -0.25) is 9.59 Å². The number of hydrogen-bond donors (Lipinski definition) is 2. The zero-order valence-corrected chi connectivity index (χ0v) is 10.1. The van der Waals surface area contributed by atoms with Crippen LogP contribution in [0.15, 0.2) is 42.7 Å². The first-order valence-electron chi connectivity index (χ1n) is 5.77. The minimum absolute atomic E-state index is 0.0315. The van der Waals surface area contributed by atoms with Gasteiger partial charge in [0.15, 0.2) is 0 Å². The highest BCUT2D eigenvalue weighted by molar-refractivity contribution is 5.92. The molecule has 0 fully saturated rings. The minimum atomic E-state index is -0.982. The van der Waals surface area contributed by atoms with Crippen LogP contribution in [0, 0.1) is 0 Å². The first kappa shape index (κ1) is 12.8. The smallest absolute Gasteiger partial charge is 0.303 e. The lowest BCUT2D eigenvalue weighted by atomic mass is 10.2. The first-order chi connectivity index (χ1) is 9.15.